The highest BCUT2D eigenvalue weighted by atomic mass is 16.2. The summed E-state index contributed by atoms with van der Waals surface area (Å²) in [6, 6.07) is 26.5. The van der Waals surface area contributed by atoms with Crippen molar-refractivity contribution in [2.45, 2.75) is 19.3 Å². The van der Waals surface area contributed by atoms with Gasteiger partial charge in [0.1, 0.15) is 0 Å². The second-order valence-corrected chi connectivity index (χ2v) is 8.55. The minimum absolute atomic E-state index is 0.0419. The zero-order chi connectivity index (χ0) is 25.5. The van der Waals surface area contributed by atoms with Crippen molar-refractivity contribution in [3.63, 3.8) is 0 Å². The van der Waals surface area contributed by atoms with Crippen LogP contribution < -0.4 is 10.6 Å². The van der Waals surface area contributed by atoms with E-state index in [1.807, 2.05) is 89.6 Å². The SMILES string of the molecule is O=C(CCCc1cn(-c2ccccc2)c(NC(=O)c2cccc(-c3cn[nH]c3)c2)n1)Nc1ccccc1. The summed E-state index contributed by atoms with van der Waals surface area (Å²) in [5.74, 6) is 0.121. The molecule has 0 aliphatic carbocycles. The van der Waals surface area contributed by atoms with Crippen LogP contribution in [0, 0.1) is 0 Å². The molecule has 8 nitrogen and oxygen atoms in total. The van der Waals surface area contributed by atoms with Crippen LogP contribution in [-0.2, 0) is 11.2 Å². The lowest BCUT2D eigenvalue weighted by atomic mass is 10.1. The molecule has 8 heteroatoms. The highest BCUT2D eigenvalue weighted by Crippen LogP contribution is 2.22. The van der Waals surface area contributed by atoms with E-state index in [1.54, 1.807) is 18.5 Å². The van der Waals surface area contributed by atoms with Gasteiger partial charge in [0.15, 0.2) is 0 Å². The molecule has 5 aromatic rings. The van der Waals surface area contributed by atoms with Crippen molar-refractivity contribution in [1.29, 1.82) is 0 Å². The van der Waals surface area contributed by atoms with Crippen LogP contribution in [0.2, 0.25) is 0 Å². The normalized spacial score (nSPS) is 10.7. The fourth-order valence-corrected chi connectivity index (χ4v) is 4.02. The van der Waals surface area contributed by atoms with Crippen molar-refractivity contribution in [2.75, 3.05) is 10.6 Å². The molecule has 3 N–H and O–H groups in total. The number of aryl methyl sites for hydroxylation is 1. The molecule has 0 aliphatic heterocycles. The second-order valence-electron chi connectivity index (χ2n) is 8.55. The van der Waals surface area contributed by atoms with Gasteiger partial charge in [0.25, 0.3) is 5.91 Å². The first-order valence-electron chi connectivity index (χ1n) is 12.0. The number of aromatic amines is 1. The lowest BCUT2D eigenvalue weighted by Crippen LogP contribution is -2.15. The molecule has 3 aromatic carbocycles. The molecule has 0 atom stereocenters. The van der Waals surface area contributed by atoms with Crippen LogP contribution >= 0.6 is 0 Å². The number of rotatable bonds is 9. The van der Waals surface area contributed by atoms with Gasteiger partial charge in [-0.3, -0.25) is 24.6 Å². The van der Waals surface area contributed by atoms with Crippen LogP contribution in [-0.4, -0.2) is 31.6 Å². The van der Waals surface area contributed by atoms with Gasteiger partial charge in [-0.15, -0.1) is 0 Å². The van der Waals surface area contributed by atoms with Crippen LogP contribution in [0.1, 0.15) is 28.9 Å². The summed E-state index contributed by atoms with van der Waals surface area (Å²) in [5.41, 5.74) is 4.76. The number of para-hydroxylation sites is 2. The molecular weight excluding hydrogens is 464 g/mol. The Labute approximate surface area is 214 Å². The van der Waals surface area contributed by atoms with E-state index in [2.05, 4.69) is 25.8 Å². The van der Waals surface area contributed by atoms with Gasteiger partial charge in [0.05, 0.1) is 11.9 Å². The third kappa shape index (κ3) is 5.99. The number of amides is 2. The topological polar surface area (TPSA) is 105 Å². The summed E-state index contributed by atoms with van der Waals surface area (Å²) in [5, 5.41) is 12.6. The molecule has 0 aliphatic rings. The van der Waals surface area contributed by atoms with E-state index in [0.717, 1.165) is 28.2 Å². The first-order chi connectivity index (χ1) is 18.2. The summed E-state index contributed by atoms with van der Waals surface area (Å²) < 4.78 is 1.86. The third-order valence-corrected chi connectivity index (χ3v) is 5.87. The van der Waals surface area contributed by atoms with Crippen LogP contribution in [0.3, 0.4) is 0 Å². The molecule has 0 unspecified atom stereocenters. The first-order valence-corrected chi connectivity index (χ1v) is 12.0. The Bertz CT molecular complexity index is 1480. The molecule has 0 fully saturated rings. The number of hydrogen-bond acceptors (Lipinski definition) is 4. The minimum atomic E-state index is -0.262. The molecule has 2 amide bonds. The predicted molar refractivity (Wildman–Crippen MR) is 144 cm³/mol. The Morgan fingerprint density at radius 3 is 2.41 bits per heavy atom. The maximum Gasteiger partial charge on any atom is 0.258 e. The van der Waals surface area contributed by atoms with Crippen molar-refractivity contribution >= 4 is 23.5 Å². The number of nitrogens with zero attached hydrogens (tertiary/aromatic N) is 3. The van der Waals surface area contributed by atoms with E-state index in [1.165, 1.54) is 0 Å². The molecule has 0 bridgehead atoms. The molecular formula is C29H26N6O2. The van der Waals surface area contributed by atoms with Gasteiger partial charge < -0.3 is 5.32 Å². The average molecular weight is 491 g/mol. The molecule has 0 spiro atoms. The van der Waals surface area contributed by atoms with Crippen LogP contribution in [0.15, 0.2) is 104 Å². The first kappa shape index (κ1) is 23.7. The number of benzene rings is 3. The summed E-state index contributed by atoms with van der Waals surface area (Å²) in [7, 11) is 0. The molecule has 0 saturated heterocycles. The number of H-pyrrole nitrogens is 1. The van der Waals surface area contributed by atoms with Crippen LogP contribution in [0.25, 0.3) is 16.8 Å². The van der Waals surface area contributed by atoms with E-state index in [4.69, 9.17) is 0 Å². The van der Waals surface area contributed by atoms with Gasteiger partial charge >= 0.3 is 0 Å². The quantitative estimate of drug-likeness (QED) is 0.255. The van der Waals surface area contributed by atoms with Gasteiger partial charge in [0, 0.05) is 41.3 Å². The number of carbonyl (C=O) groups is 2. The Hall–Kier alpha value is -4.98. The van der Waals surface area contributed by atoms with Gasteiger partial charge in [0.2, 0.25) is 11.9 Å². The van der Waals surface area contributed by atoms with Crippen molar-refractivity contribution in [2.24, 2.45) is 0 Å². The highest BCUT2D eigenvalue weighted by molar-refractivity contribution is 6.04. The Kier molecular flexibility index (Phi) is 7.17. The number of hydrogen-bond donors (Lipinski definition) is 3. The Morgan fingerprint density at radius 2 is 1.65 bits per heavy atom. The lowest BCUT2D eigenvalue weighted by Gasteiger charge is -2.09. The molecule has 2 heterocycles. The summed E-state index contributed by atoms with van der Waals surface area (Å²) >= 11 is 0. The number of nitrogens with one attached hydrogen (secondary N) is 3. The van der Waals surface area contributed by atoms with E-state index >= 15 is 0 Å². The molecule has 5 rings (SSSR count). The van der Waals surface area contributed by atoms with E-state index < -0.39 is 0 Å². The molecule has 184 valence electrons. The monoisotopic (exact) mass is 490 g/mol. The molecule has 0 saturated carbocycles. The lowest BCUT2D eigenvalue weighted by molar-refractivity contribution is -0.116. The standard InChI is InChI=1S/C29H26N6O2/c36-27(32-24-11-3-1-4-12-24)16-8-13-25-20-35(26-14-5-2-6-15-26)29(33-25)34-28(37)22-10-7-9-21(17-22)23-18-30-31-19-23/h1-7,9-12,14-15,17-20H,8,13,16H2,(H,30,31)(H,32,36)(H,33,34,37). The van der Waals surface area contributed by atoms with Gasteiger partial charge in [-0.05, 0) is 54.8 Å². The summed E-state index contributed by atoms with van der Waals surface area (Å²) in [6.45, 7) is 0. The largest absolute Gasteiger partial charge is 0.326 e. The average Bonchev–Trinajstić information content (AvgIpc) is 3.61. The smallest absolute Gasteiger partial charge is 0.258 e. The number of carbonyl (C=O) groups excluding carboxylic acids is 2. The van der Waals surface area contributed by atoms with Crippen LogP contribution in [0.4, 0.5) is 11.6 Å². The van der Waals surface area contributed by atoms with Crippen molar-refractivity contribution < 1.29 is 9.59 Å². The van der Waals surface area contributed by atoms with Crippen molar-refractivity contribution in [3.8, 4) is 16.8 Å². The van der Waals surface area contributed by atoms with E-state index in [-0.39, 0.29) is 11.8 Å². The van der Waals surface area contributed by atoms with Gasteiger partial charge in [-0.1, -0.05) is 48.5 Å². The fourth-order valence-electron chi connectivity index (χ4n) is 4.02. The Morgan fingerprint density at radius 1 is 0.865 bits per heavy atom. The van der Waals surface area contributed by atoms with Crippen molar-refractivity contribution in [3.05, 3.63) is 115 Å². The van der Waals surface area contributed by atoms with Gasteiger partial charge in [-0.25, -0.2) is 4.98 Å². The fraction of sp³-hybridized carbons (Fsp3) is 0.103. The van der Waals surface area contributed by atoms with Crippen molar-refractivity contribution in [1.82, 2.24) is 19.7 Å². The maximum absolute atomic E-state index is 13.2. The maximum atomic E-state index is 13.2. The van der Waals surface area contributed by atoms with E-state index in [9.17, 15) is 9.59 Å². The predicted octanol–water partition coefficient (Wildman–Crippen LogP) is 5.48. The minimum Gasteiger partial charge on any atom is -0.326 e. The molecule has 37 heavy (non-hydrogen) atoms. The highest BCUT2D eigenvalue weighted by Gasteiger charge is 2.15. The molecule has 2 aromatic heterocycles. The van der Waals surface area contributed by atoms with E-state index in [0.29, 0.717) is 30.8 Å². The van der Waals surface area contributed by atoms with Gasteiger partial charge in [-0.2, -0.15) is 5.10 Å². The van der Waals surface area contributed by atoms with Crippen LogP contribution in [0.5, 0.6) is 0 Å². The Balaban J connectivity index is 1.30. The number of aromatic nitrogens is 4. The third-order valence-electron chi connectivity index (χ3n) is 5.87. The second kappa shape index (κ2) is 11.2. The number of anilines is 2. The molecule has 0 radical (unpaired) electrons. The zero-order valence-electron chi connectivity index (χ0n) is 20.1. The number of imidazole rings is 1. The zero-order valence-corrected chi connectivity index (χ0v) is 20.1. The summed E-state index contributed by atoms with van der Waals surface area (Å²) in [6.07, 6.45) is 7.00. The summed E-state index contributed by atoms with van der Waals surface area (Å²) in [4.78, 5) is 30.2.